The van der Waals surface area contributed by atoms with Gasteiger partial charge >= 0.3 is 0 Å². The molecule has 1 aromatic heterocycles. The van der Waals surface area contributed by atoms with Crippen molar-refractivity contribution in [3.8, 4) is 0 Å². The van der Waals surface area contributed by atoms with Crippen LogP contribution in [-0.4, -0.2) is 32.3 Å². The van der Waals surface area contributed by atoms with Crippen molar-refractivity contribution in [1.82, 2.24) is 20.5 Å². The molecule has 0 saturated heterocycles. The molecule has 0 radical (unpaired) electrons. The van der Waals surface area contributed by atoms with Crippen molar-refractivity contribution in [1.29, 1.82) is 0 Å². The maximum atomic E-state index is 11.8. The Hall–Kier alpha value is -1.43. The number of nitrogens with zero attached hydrogens (tertiary/aromatic N) is 2. The number of aliphatic hydroxyl groups excluding tert-OH is 1. The van der Waals surface area contributed by atoms with Gasteiger partial charge in [0.25, 0.3) is 0 Å². The zero-order valence-corrected chi connectivity index (χ0v) is 10.6. The van der Waals surface area contributed by atoms with Crippen molar-refractivity contribution in [2.45, 2.75) is 51.7 Å². The van der Waals surface area contributed by atoms with E-state index in [0.717, 1.165) is 25.7 Å². The smallest absolute Gasteiger partial charge is 0.249 e. The van der Waals surface area contributed by atoms with Crippen LogP contribution in [-0.2, 0) is 11.3 Å². The predicted molar refractivity (Wildman–Crippen MR) is 65.5 cm³/mol. The van der Waals surface area contributed by atoms with Crippen LogP contribution in [0.4, 0.5) is 0 Å². The van der Waals surface area contributed by atoms with Gasteiger partial charge in [0.2, 0.25) is 5.91 Å². The Bertz CT molecular complexity index is 399. The molecule has 100 valence electrons. The average Bonchev–Trinajstić information content (AvgIpc) is 2.82. The summed E-state index contributed by atoms with van der Waals surface area (Å²) in [5.74, 6) is 1.04. The monoisotopic (exact) mass is 252 g/mol. The summed E-state index contributed by atoms with van der Waals surface area (Å²) in [5.41, 5.74) is 0. The number of H-pyrrole nitrogens is 1. The molecule has 1 aromatic rings. The van der Waals surface area contributed by atoms with Crippen molar-refractivity contribution < 1.29 is 9.90 Å². The summed E-state index contributed by atoms with van der Waals surface area (Å²) in [4.78, 5) is 15.9. The lowest BCUT2D eigenvalue weighted by atomic mass is 9.85. The van der Waals surface area contributed by atoms with Gasteiger partial charge in [0.1, 0.15) is 11.9 Å². The number of carbonyl (C=O) groups excluding carboxylic acids is 1. The standard InChI is InChI=1S/C12H20N4O2/c1-8-14-10(16-15-8)7-13-12(18)11(17)9-5-3-2-4-6-9/h9,11,17H,2-7H2,1H3,(H,13,18)(H,14,15,16)/t11-/m1/s1. The summed E-state index contributed by atoms with van der Waals surface area (Å²) in [6.07, 6.45) is 4.40. The highest BCUT2D eigenvalue weighted by atomic mass is 16.3. The Labute approximate surface area is 106 Å². The molecule has 0 spiro atoms. The Morgan fingerprint density at radius 2 is 2.22 bits per heavy atom. The third-order valence-electron chi connectivity index (χ3n) is 3.43. The van der Waals surface area contributed by atoms with Crippen LogP contribution in [0.25, 0.3) is 0 Å². The quantitative estimate of drug-likeness (QED) is 0.734. The minimum absolute atomic E-state index is 0.104. The highest BCUT2D eigenvalue weighted by Crippen LogP contribution is 2.26. The maximum absolute atomic E-state index is 11.8. The molecule has 2 rings (SSSR count). The Morgan fingerprint density at radius 1 is 1.50 bits per heavy atom. The second-order valence-corrected chi connectivity index (χ2v) is 4.90. The molecule has 1 fully saturated rings. The molecule has 6 heteroatoms. The molecular formula is C12H20N4O2. The van der Waals surface area contributed by atoms with E-state index >= 15 is 0 Å². The van der Waals surface area contributed by atoms with Crippen LogP contribution in [0.1, 0.15) is 43.8 Å². The van der Waals surface area contributed by atoms with E-state index < -0.39 is 6.10 Å². The largest absolute Gasteiger partial charge is 0.383 e. The molecule has 1 amide bonds. The van der Waals surface area contributed by atoms with E-state index in [0.29, 0.717) is 11.6 Å². The molecule has 1 saturated carbocycles. The lowest BCUT2D eigenvalue weighted by Gasteiger charge is -2.25. The molecular weight excluding hydrogens is 232 g/mol. The van der Waals surface area contributed by atoms with Crippen LogP contribution in [0.2, 0.25) is 0 Å². The topological polar surface area (TPSA) is 90.9 Å². The van der Waals surface area contributed by atoms with Gasteiger partial charge in [-0.2, -0.15) is 5.10 Å². The summed E-state index contributed by atoms with van der Waals surface area (Å²) in [5, 5.41) is 19.3. The van der Waals surface area contributed by atoms with Crippen molar-refractivity contribution >= 4 is 5.91 Å². The number of hydrogen-bond donors (Lipinski definition) is 3. The minimum atomic E-state index is -0.898. The van der Waals surface area contributed by atoms with Gasteiger partial charge in [0.05, 0.1) is 6.54 Å². The van der Waals surface area contributed by atoms with E-state index in [4.69, 9.17) is 0 Å². The summed E-state index contributed by atoms with van der Waals surface area (Å²) in [6.45, 7) is 2.06. The lowest BCUT2D eigenvalue weighted by molar-refractivity contribution is -0.132. The Balaban J connectivity index is 1.79. The third kappa shape index (κ3) is 3.29. The maximum Gasteiger partial charge on any atom is 0.249 e. The first-order chi connectivity index (χ1) is 8.66. The van der Waals surface area contributed by atoms with Crippen LogP contribution >= 0.6 is 0 Å². The number of aryl methyl sites for hydroxylation is 1. The van der Waals surface area contributed by atoms with Crippen molar-refractivity contribution in [3.05, 3.63) is 11.6 Å². The first-order valence-electron chi connectivity index (χ1n) is 6.50. The first kappa shape index (κ1) is 13.0. The molecule has 1 aliphatic carbocycles. The molecule has 1 atom stereocenters. The van der Waals surface area contributed by atoms with Gasteiger partial charge in [0.15, 0.2) is 5.82 Å². The second kappa shape index (κ2) is 5.95. The minimum Gasteiger partial charge on any atom is -0.383 e. The number of aliphatic hydroxyl groups is 1. The number of amides is 1. The Kier molecular flexibility index (Phi) is 4.30. The molecule has 18 heavy (non-hydrogen) atoms. The normalized spacial score (nSPS) is 18.6. The third-order valence-corrected chi connectivity index (χ3v) is 3.43. The first-order valence-corrected chi connectivity index (χ1v) is 6.50. The average molecular weight is 252 g/mol. The van der Waals surface area contributed by atoms with E-state index in [9.17, 15) is 9.90 Å². The van der Waals surface area contributed by atoms with Gasteiger partial charge < -0.3 is 10.4 Å². The van der Waals surface area contributed by atoms with E-state index in [1.54, 1.807) is 6.92 Å². The SMILES string of the molecule is Cc1nc(CNC(=O)[C@H](O)C2CCCCC2)n[nH]1. The van der Waals surface area contributed by atoms with Crippen molar-refractivity contribution in [3.63, 3.8) is 0 Å². The molecule has 0 aromatic carbocycles. The number of rotatable bonds is 4. The number of carbonyl (C=O) groups is 1. The zero-order chi connectivity index (χ0) is 13.0. The second-order valence-electron chi connectivity index (χ2n) is 4.90. The summed E-state index contributed by atoms with van der Waals surface area (Å²) < 4.78 is 0. The summed E-state index contributed by atoms with van der Waals surface area (Å²) in [6, 6.07) is 0. The fourth-order valence-electron chi connectivity index (χ4n) is 2.40. The molecule has 0 aliphatic heterocycles. The molecule has 3 N–H and O–H groups in total. The van der Waals surface area contributed by atoms with Crippen LogP contribution in [0.5, 0.6) is 0 Å². The summed E-state index contributed by atoms with van der Waals surface area (Å²) >= 11 is 0. The van der Waals surface area contributed by atoms with Crippen LogP contribution < -0.4 is 5.32 Å². The van der Waals surface area contributed by atoms with Crippen molar-refractivity contribution in [2.24, 2.45) is 5.92 Å². The van der Waals surface area contributed by atoms with Crippen molar-refractivity contribution in [2.75, 3.05) is 0 Å². The fourth-order valence-corrected chi connectivity index (χ4v) is 2.40. The molecule has 0 bridgehead atoms. The summed E-state index contributed by atoms with van der Waals surface area (Å²) in [7, 11) is 0. The number of aromatic amines is 1. The highest BCUT2D eigenvalue weighted by molar-refractivity contribution is 5.80. The van der Waals surface area contributed by atoms with Gasteiger partial charge in [-0.25, -0.2) is 4.98 Å². The predicted octanol–water partition coefficient (Wildman–Crippen LogP) is 0.671. The molecule has 6 nitrogen and oxygen atoms in total. The molecule has 1 heterocycles. The van der Waals surface area contributed by atoms with Gasteiger partial charge in [-0.3, -0.25) is 9.89 Å². The van der Waals surface area contributed by atoms with Crippen LogP contribution in [0.3, 0.4) is 0 Å². The van der Waals surface area contributed by atoms with E-state index in [2.05, 4.69) is 20.5 Å². The number of hydrogen-bond acceptors (Lipinski definition) is 4. The van der Waals surface area contributed by atoms with Crippen LogP contribution in [0, 0.1) is 12.8 Å². The van der Waals surface area contributed by atoms with Gasteiger partial charge in [0, 0.05) is 0 Å². The highest BCUT2D eigenvalue weighted by Gasteiger charge is 2.27. The molecule has 0 unspecified atom stereocenters. The van der Waals surface area contributed by atoms with Gasteiger partial charge in [-0.05, 0) is 25.7 Å². The van der Waals surface area contributed by atoms with E-state index in [-0.39, 0.29) is 18.4 Å². The Morgan fingerprint density at radius 3 is 2.83 bits per heavy atom. The van der Waals surface area contributed by atoms with E-state index in [1.807, 2.05) is 0 Å². The van der Waals surface area contributed by atoms with Gasteiger partial charge in [-0.1, -0.05) is 19.3 Å². The zero-order valence-electron chi connectivity index (χ0n) is 10.6. The van der Waals surface area contributed by atoms with E-state index in [1.165, 1.54) is 6.42 Å². The number of aromatic nitrogens is 3. The lowest BCUT2D eigenvalue weighted by Crippen LogP contribution is -2.39. The molecule has 1 aliphatic rings. The fraction of sp³-hybridized carbons (Fsp3) is 0.750. The number of nitrogens with one attached hydrogen (secondary N) is 2. The van der Waals surface area contributed by atoms with Gasteiger partial charge in [-0.15, -0.1) is 0 Å². The van der Waals surface area contributed by atoms with Crippen LogP contribution in [0.15, 0.2) is 0 Å².